The van der Waals surface area contributed by atoms with Gasteiger partial charge >= 0.3 is 0 Å². The number of aromatic nitrogens is 5. The van der Waals surface area contributed by atoms with Crippen LogP contribution in [0, 0.1) is 5.92 Å². The summed E-state index contributed by atoms with van der Waals surface area (Å²) in [5.41, 5.74) is 3.41. The molecular weight excluding hydrogens is 574 g/mol. The van der Waals surface area contributed by atoms with Crippen molar-refractivity contribution < 1.29 is 9.59 Å². The van der Waals surface area contributed by atoms with E-state index in [-0.39, 0.29) is 29.8 Å². The second-order valence-electron chi connectivity index (χ2n) is 10.7. The van der Waals surface area contributed by atoms with Gasteiger partial charge in [-0.3, -0.25) is 24.6 Å². The highest BCUT2D eigenvalue weighted by Crippen LogP contribution is 2.34. The summed E-state index contributed by atoms with van der Waals surface area (Å²) in [6, 6.07) is 10.0. The number of piperazine rings is 1. The van der Waals surface area contributed by atoms with Crippen molar-refractivity contribution in [2.75, 3.05) is 42.9 Å². The molecule has 40 heavy (non-hydrogen) atoms. The number of hydrogen-bond donors (Lipinski definition) is 2. The molecule has 3 atom stereocenters. The Balaban J connectivity index is 0.942. The number of benzene rings is 1. The number of fused-ring (bicyclic) bond motifs is 3. The summed E-state index contributed by atoms with van der Waals surface area (Å²) in [7, 11) is 0. The zero-order valence-electron chi connectivity index (χ0n) is 21.7. The Labute approximate surface area is 239 Å². The molecule has 0 radical (unpaired) electrons. The Kier molecular flexibility index (Phi) is 6.43. The number of H-pyrrole nitrogens is 1. The summed E-state index contributed by atoms with van der Waals surface area (Å²) in [6.07, 6.45) is 8.66. The molecule has 3 aromatic heterocycles. The first-order valence-corrected chi connectivity index (χ1v) is 14.3. The standard InChI is InChI=1S/C28H28BrN9O2/c29-19-11-31-28(32-12-19)38-15-21-10-22(38)14-37(21)25(39)16-36-8-5-18(13-36)27(40)33-20-1-2-24-23(9-20)26(35-34-24)17-3-6-30-7-4-17/h1-4,6-7,9,11-12,18,21-22H,5,8,10,13-16H2,(H,33,40)(H,34,35)/t18-,21-,22-/m1/s1. The number of nitrogens with one attached hydrogen (secondary N) is 2. The second kappa shape index (κ2) is 10.3. The van der Waals surface area contributed by atoms with E-state index in [9.17, 15) is 9.59 Å². The normalized spacial score (nSPS) is 22.4. The van der Waals surface area contributed by atoms with Crippen LogP contribution in [0.15, 0.2) is 59.6 Å². The van der Waals surface area contributed by atoms with Crippen LogP contribution in [-0.2, 0) is 9.59 Å². The van der Waals surface area contributed by atoms with Gasteiger partial charge in [-0.1, -0.05) is 0 Å². The third kappa shape index (κ3) is 4.71. The number of hydrogen-bond acceptors (Lipinski definition) is 8. The molecule has 2 bridgehead atoms. The van der Waals surface area contributed by atoms with Crippen LogP contribution in [-0.4, -0.2) is 91.6 Å². The Hall–Kier alpha value is -3.90. The molecule has 3 aliphatic heterocycles. The largest absolute Gasteiger partial charge is 0.335 e. The van der Waals surface area contributed by atoms with Gasteiger partial charge in [-0.15, -0.1) is 0 Å². The van der Waals surface area contributed by atoms with Crippen molar-refractivity contribution in [3.05, 3.63) is 59.6 Å². The zero-order valence-corrected chi connectivity index (χ0v) is 23.3. The van der Waals surface area contributed by atoms with Crippen molar-refractivity contribution in [2.45, 2.75) is 24.9 Å². The summed E-state index contributed by atoms with van der Waals surface area (Å²) < 4.78 is 0.851. The van der Waals surface area contributed by atoms with E-state index in [1.165, 1.54) is 0 Å². The minimum atomic E-state index is -0.160. The van der Waals surface area contributed by atoms with Crippen molar-refractivity contribution in [2.24, 2.45) is 5.92 Å². The Morgan fingerprint density at radius 3 is 2.65 bits per heavy atom. The maximum Gasteiger partial charge on any atom is 0.237 e. The first kappa shape index (κ1) is 25.1. The number of nitrogens with zero attached hydrogens (tertiary/aromatic N) is 7. The van der Waals surface area contributed by atoms with E-state index < -0.39 is 0 Å². The molecule has 2 amide bonds. The van der Waals surface area contributed by atoms with Gasteiger partial charge in [0.05, 0.1) is 34.5 Å². The smallest absolute Gasteiger partial charge is 0.237 e. The fourth-order valence-corrected chi connectivity index (χ4v) is 6.41. The van der Waals surface area contributed by atoms with Crippen LogP contribution in [0.3, 0.4) is 0 Å². The summed E-state index contributed by atoms with van der Waals surface area (Å²) in [5.74, 6) is 0.678. The van der Waals surface area contributed by atoms with Crippen molar-refractivity contribution in [3.63, 3.8) is 0 Å². The van der Waals surface area contributed by atoms with E-state index in [2.05, 4.69) is 56.2 Å². The predicted molar refractivity (Wildman–Crippen MR) is 153 cm³/mol. The van der Waals surface area contributed by atoms with Gasteiger partial charge in [-0.2, -0.15) is 5.10 Å². The van der Waals surface area contributed by atoms with E-state index >= 15 is 0 Å². The Morgan fingerprint density at radius 2 is 1.88 bits per heavy atom. The first-order chi connectivity index (χ1) is 19.5. The highest BCUT2D eigenvalue weighted by molar-refractivity contribution is 9.10. The maximum atomic E-state index is 13.2. The number of pyridine rings is 1. The van der Waals surface area contributed by atoms with Crippen molar-refractivity contribution in [1.82, 2.24) is 34.9 Å². The molecule has 3 fully saturated rings. The molecule has 3 saturated heterocycles. The summed E-state index contributed by atoms with van der Waals surface area (Å²) in [6.45, 7) is 3.11. The first-order valence-electron chi connectivity index (χ1n) is 13.5. The van der Waals surface area contributed by atoms with Crippen molar-refractivity contribution in [1.29, 1.82) is 0 Å². The lowest BCUT2D eigenvalue weighted by Gasteiger charge is -2.35. The number of halogens is 1. The van der Waals surface area contributed by atoms with Crippen LogP contribution in [0.25, 0.3) is 22.2 Å². The SMILES string of the molecule is O=C(Nc1ccc2[nH]nc(-c3ccncc3)c2c1)[C@@H]1CCN(CC(=O)N2C[C@H]3C[C@@H]2CN3c2ncc(Br)cn2)C1. The van der Waals surface area contributed by atoms with E-state index in [0.29, 0.717) is 19.6 Å². The van der Waals surface area contributed by atoms with E-state index in [0.717, 1.165) is 64.2 Å². The number of aromatic amines is 1. The van der Waals surface area contributed by atoms with E-state index in [4.69, 9.17) is 0 Å². The van der Waals surface area contributed by atoms with Crippen LogP contribution >= 0.6 is 15.9 Å². The van der Waals surface area contributed by atoms with Crippen LogP contribution in [0.4, 0.5) is 11.6 Å². The Morgan fingerprint density at radius 1 is 1.05 bits per heavy atom. The lowest BCUT2D eigenvalue weighted by Crippen LogP contribution is -2.51. The van der Waals surface area contributed by atoms with Gasteiger partial charge in [-0.05, 0) is 65.6 Å². The molecule has 6 heterocycles. The minimum Gasteiger partial charge on any atom is -0.335 e. The minimum absolute atomic E-state index is 0.0198. The summed E-state index contributed by atoms with van der Waals surface area (Å²) in [4.78, 5) is 45.6. The topological polar surface area (TPSA) is 123 Å². The van der Waals surface area contributed by atoms with Gasteiger partial charge in [0.25, 0.3) is 0 Å². The van der Waals surface area contributed by atoms with E-state index in [1.54, 1.807) is 24.8 Å². The fourth-order valence-electron chi connectivity index (χ4n) is 6.21. The molecule has 0 aliphatic carbocycles. The molecule has 7 rings (SSSR count). The third-order valence-electron chi connectivity index (χ3n) is 8.21. The average Bonchev–Trinajstić information content (AvgIpc) is 3.77. The number of likely N-dealkylation sites (tertiary alicyclic amines) is 2. The van der Waals surface area contributed by atoms with E-state index in [1.807, 2.05) is 35.2 Å². The Bertz CT molecular complexity index is 1560. The second-order valence-corrected chi connectivity index (χ2v) is 11.6. The summed E-state index contributed by atoms with van der Waals surface area (Å²) in [5, 5.41) is 11.5. The average molecular weight is 602 g/mol. The van der Waals surface area contributed by atoms with Gasteiger partial charge in [-0.25, -0.2) is 9.97 Å². The third-order valence-corrected chi connectivity index (χ3v) is 8.62. The van der Waals surface area contributed by atoms with Gasteiger partial charge in [0, 0.05) is 61.1 Å². The van der Waals surface area contributed by atoms with Gasteiger partial charge < -0.3 is 15.1 Å². The zero-order chi connectivity index (χ0) is 27.2. The van der Waals surface area contributed by atoms with Crippen LogP contribution < -0.4 is 10.2 Å². The maximum absolute atomic E-state index is 13.2. The highest BCUT2D eigenvalue weighted by Gasteiger charge is 2.46. The molecule has 11 nitrogen and oxygen atoms in total. The van der Waals surface area contributed by atoms with Crippen molar-refractivity contribution >= 4 is 50.3 Å². The van der Waals surface area contributed by atoms with Gasteiger partial charge in [0.1, 0.15) is 5.69 Å². The van der Waals surface area contributed by atoms with Gasteiger partial charge in [0.2, 0.25) is 17.8 Å². The van der Waals surface area contributed by atoms with Crippen LogP contribution in [0.1, 0.15) is 12.8 Å². The molecule has 2 N–H and O–H groups in total. The quantitative estimate of drug-likeness (QED) is 0.346. The predicted octanol–water partition coefficient (Wildman–Crippen LogP) is 2.93. The number of anilines is 2. The molecule has 4 aromatic rings. The lowest BCUT2D eigenvalue weighted by atomic mass is 10.1. The molecule has 12 heteroatoms. The van der Waals surface area contributed by atoms with Crippen LogP contribution in [0.5, 0.6) is 0 Å². The molecule has 0 unspecified atom stereocenters. The number of carbonyl (C=O) groups excluding carboxylic acids is 2. The van der Waals surface area contributed by atoms with Crippen LogP contribution in [0.2, 0.25) is 0 Å². The molecular formula is C28H28BrN9O2. The van der Waals surface area contributed by atoms with Gasteiger partial charge in [0.15, 0.2) is 0 Å². The van der Waals surface area contributed by atoms with Crippen molar-refractivity contribution in [3.8, 4) is 11.3 Å². The molecule has 0 saturated carbocycles. The summed E-state index contributed by atoms with van der Waals surface area (Å²) >= 11 is 3.38. The number of amides is 2. The highest BCUT2D eigenvalue weighted by atomic mass is 79.9. The fraction of sp³-hybridized carbons (Fsp3) is 0.357. The molecule has 1 aromatic carbocycles. The lowest BCUT2D eigenvalue weighted by molar-refractivity contribution is -0.133. The monoisotopic (exact) mass is 601 g/mol. The molecule has 204 valence electrons. The number of carbonyl (C=O) groups is 2. The molecule has 3 aliphatic rings. The molecule has 0 spiro atoms. The number of rotatable bonds is 6.